The van der Waals surface area contributed by atoms with E-state index in [9.17, 15) is 0 Å². The highest BCUT2D eigenvalue weighted by molar-refractivity contribution is 8.14. The molecule has 1 unspecified atom stereocenters. The number of rotatable bonds is 4. The molecule has 0 N–H and O–H groups in total. The molecular weight excluding hydrogens is 328 g/mol. The van der Waals surface area contributed by atoms with E-state index in [1.165, 1.54) is 5.56 Å². The Kier molecular flexibility index (Phi) is 6.37. The number of aliphatic imine (C=N–C) groups is 1. The van der Waals surface area contributed by atoms with Gasteiger partial charge in [-0.2, -0.15) is 0 Å². The molecule has 0 bridgehead atoms. The summed E-state index contributed by atoms with van der Waals surface area (Å²) in [6.07, 6.45) is 0. The van der Waals surface area contributed by atoms with E-state index in [0.717, 1.165) is 28.9 Å². The van der Waals surface area contributed by atoms with Crippen molar-refractivity contribution in [2.24, 2.45) is 4.99 Å². The summed E-state index contributed by atoms with van der Waals surface area (Å²) in [5, 5.41) is 1.11. The van der Waals surface area contributed by atoms with Crippen LogP contribution in [0.5, 0.6) is 5.75 Å². The standard InChI is InChI=1S/C18H20N2OS.ClH/c1-14-13-22-18(19-16-6-4-3-5-7-16)20(14)12-15-8-10-17(21-2)11-9-15;/h3-11,14H,12-13H2,1-2H3;1H. The van der Waals surface area contributed by atoms with Crippen LogP contribution in [0.2, 0.25) is 0 Å². The lowest BCUT2D eigenvalue weighted by Crippen LogP contribution is -2.31. The third kappa shape index (κ3) is 4.43. The van der Waals surface area contributed by atoms with Crippen molar-refractivity contribution >= 4 is 35.0 Å². The lowest BCUT2D eigenvalue weighted by Gasteiger charge is -2.23. The molecule has 0 amide bonds. The highest BCUT2D eigenvalue weighted by Gasteiger charge is 2.26. The van der Waals surface area contributed by atoms with Crippen molar-refractivity contribution in [3.05, 3.63) is 60.2 Å². The molecule has 3 rings (SSSR count). The van der Waals surface area contributed by atoms with Crippen LogP contribution < -0.4 is 4.74 Å². The van der Waals surface area contributed by atoms with E-state index in [4.69, 9.17) is 9.73 Å². The fourth-order valence-corrected chi connectivity index (χ4v) is 3.57. The molecular formula is C18H21ClN2OS. The monoisotopic (exact) mass is 348 g/mol. The first-order valence-electron chi connectivity index (χ1n) is 7.42. The van der Waals surface area contributed by atoms with Crippen LogP contribution in [0.3, 0.4) is 0 Å². The van der Waals surface area contributed by atoms with Crippen LogP contribution >= 0.6 is 24.2 Å². The zero-order chi connectivity index (χ0) is 15.4. The maximum Gasteiger partial charge on any atom is 0.165 e. The van der Waals surface area contributed by atoms with Gasteiger partial charge in [-0.15, -0.1) is 12.4 Å². The summed E-state index contributed by atoms with van der Waals surface area (Å²) in [4.78, 5) is 7.18. The van der Waals surface area contributed by atoms with Crippen molar-refractivity contribution in [2.45, 2.75) is 19.5 Å². The van der Waals surface area contributed by atoms with Crippen LogP contribution in [0.4, 0.5) is 5.69 Å². The van der Waals surface area contributed by atoms with E-state index in [1.54, 1.807) is 7.11 Å². The topological polar surface area (TPSA) is 24.8 Å². The minimum atomic E-state index is 0. The Morgan fingerprint density at radius 1 is 1.13 bits per heavy atom. The molecule has 1 saturated heterocycles. The molecule has 2 aromatic carbocycles. The molecule has 2 aromatic rings. The number of amidine groups is 1. The minimum absolute atomic E-state index is 0. The number of nitrogens with zero attached hydrogens (tertiary/aromatic N) is 2. The van der Waals surface area contributed by atoms with Gasteiger partial charge in [-0.25, -0.2) is 4.99 Å². The van der Waals surface area contributed by atoms with Crippen molar-refractivity contribution in [1.29, 1.82) is 0 Å². The van der Waals surface area contributed by atoms with Gasteiger partial charge in [0.25, 0.3) is 0 Å². The average molecular weight is 349 g/mol. The summed E-state index contributed by atoms with van der Waals surface area (Å²) < 4.78 is 5.22. The number of benzene rings is 2. The van der Waals surface area contributed by atoms with Crippen LogP contribution in [-0.2, 0) is 6.54 Å². The zero-order valence-electron chi connectivity index (χ0n) is 13.3. The van der Waals surface area contributed by atoms with E-state index in [-0.39, 0.29) is 12.4 Å². The van der Waals surface area contributed by atoms with Crippen molar-refractivity contribution in [1.82, 2.24) is 4.90 Å². The maximum atomic E-state index is 5.22. The summed E-state index contributed by atoms with van der Waals surface area (Å²) >= 11 is 1.83. The summed E-state index contributed by atoms with van der Waals surface area (Å²) in [7, 11) is 1.69. The molecule has 3 nitrogen and oxygen atoms in total. The van der Waals surface area contributed by atoms with Gasteiger partial charge in [0.05, 0.1) is 12.8 Å². The molecule has 0 radical (unpaired) electrons. The second-order valence-electron chi connectivity index (χ2n) is 5.37. The van der Waals surface area contributed by atoms with Crippen LogP contribution in [0.15, 0.2) is 59.6 Å². The molecule has 1 aliphatic rings. The van der Waals surface area contributed by atoms with Crippen molar-refractivity contribution in [3.8, 4) is 5.75 Å². The lowest BCUT2D eigenvalue weighted by atomic mass is 10.2. The smallest absolute Gasteiger partial charge is 0.165 e. The Labute approximate surface area is 148 Å². The molecule has 5 heteroatoms. The summed E-state index contributed by atoms with van der Waals surface area (Å²) in [5.41, 5.74) is 2.29. The first-order valence-corrected chi connectivity index (χ1v) is 8.41. The third-order valence-electron chi connectivity index (χ3n) is 3.72. The molecule has 0 saturated carbocycles. The first kappa shape index (κ1) is 17.7. The second-order valence-corrected chi connectivity index (χ2v) is 6.35. The maximum absolute atomic E-state index is 5.22. The van der Waals surface area contributed by atoms with E-state index >= 15 is 0 Å². The number of ether oxygens (including phenoxy) is 1. The van der Waals surface area contributed by atoms with Gasteiger partial charge < -0.3 is 9.64 Å². The zero-order valence-corrected chi connectivity index (χ0v) is 14.9. The van der Waals surface area contributed by atoms with Gasteiger partial charge in [-0.3, -0.25) is 0 Å². The van der Waals surface area contributed by atoms with Crippen LogP contribution in [0, 0.1) is 0 Å². The molecule has 0 aliphatic carbocycles. The van der Waals surface area contributed by atoms with E-state index in [2.05, 4.69) is 24.0 Å². The van der Waals surface area contributed by atoms with Crippen LogP contribution in [0.1, 0.15) is 12.5 Å². The van der Waals surface area contributed by atoms with Crippen molar-refractivity contribution < 1.29 is 4.74 Å². The molecule has 0 spiro atoms. The highest BCUT2D eigenvalue weighted by atomic mass is 35.5. The normalized spacial score (nSPS) is 18.8. The second kappa shape index (κ2) is 8.27. The molecule has 1 atom stereocenters. The lowest BCUT2D eigenvalue weighted by molar-refractivity contribution is 0.363. The van der Waals surface area contributed by atoms with Gasteiger partial charge in [0, 0.05) is 18.3 Å². The number of hydrogen-bond donors (Lipinski definition) is 0. The highest BCUT2D eigenvalue weighted by Crippen LogP contribution is 2.28. The average Bonchev–Trinajstić information content (AvgIpc) is 2.90. The Morgan fingerprint density at radius 3 is 2.48 bits per heavy atom. The number of methoxy groups -OCH3 is 1. The SMILES string of the molecule is COc1ccc(CN2C(=Nc3ccccc3)SCC2C)cc1.Cl. The summed E-state index contributed by atoms with van der Waals surface area (Å²) in [6, 6.07) is 18.9. The fraction of sp³-hybridized carbons (Fsp3) is 0.278. The van der Waals surface area contributed by atoms with Gasteiger partial charge in [-0.1, -0.05) is 42.1 Å². The minimum Gasteiger partial charge on any atom is -0.497 e. The van der Waals surface area contributed by atoms with Crippen LogP contribution in [0.25, 0.3) is 0 Å². The van der Waals surface area contributed by atoms with Crippen molar-refractivity contribution in [2.75, 3.05) is 12.9 Å². The number of thioether (sulfide) groups is 1. The Balaban J connectivity index is 0.00000192. The molecule has 122 valence electrons. The van der Waals surface area contributed by atoms with E-state index < -0.39 is 0 Å². The fourth-order valence-electron chi connectivity index (χ4n) is 2.42. The van der Waals surface area contributed by atoms with Gasteiger partial charge in [-0.05, 0) is 36.8 Å². The van der Waals surface area contributed by atoms with Gasteiger partial charge >= 0.3 is 0 Å². The Bertz CT molecular complexity index is 646. The number of para-hydroxylation sites is 1. The predicted molar refractivity (Wildman–Crippen MR) is 101 cm³/mol. The molecule has 23 heavy (non-hydrogen) atoms. The van der Waals surface area contributed by atoms with Gasteiger partial charge in [0.1, 0.15) is 5.75 Å². The Hall–Kier alpha value is -1.65. The first-order chi connectivity index (χ1) is 10.8. The quantitative estimate of drug-likeness (QED) is 0.797. The summed E-state index contributed by atoms with van der Waals surface area (Å²) in [5.74, 6) is 1.98. The number of hydrogen-bond acceptors (Lipinski definition) is 3. The molecule has 1 heterocycles. The van der Waals surface area contributed by atoms with Gasteiger partial charge in [0.15, 0.2) is 5.17 Å². The molecule has 1 fully saturated rings. The van der Waals surface area contributed by atoms with Crippen molar-refractivity contribution in [3.63, 3.8) is 0 Å². The van der Waals surface area contributed by atoms with E-state index in [0.29, 0.717) is 6.04 Å². The third-order valence-corrected chi connectivity index (χ3v) is 4.96. The van der Waals surface area contributed by atoms with E-state index in [1.807, 2.05) is 54.2 Å². The van der Waals surface area contributed by atoms with Crippen LogP contribution in [-0.4, -0.2) is 29.0 Å². The molecule has 0 aromatic heterocycles. The predicted octanol–water partition coefficient (Wildman–Crippen LogP) is 4.74. The largest absolute Gasteiger partial charge is 0.497 e. The Morgan fingerprint density at radius 2 is 1.83 bits per heavy atom. The summed E-state index contributed by atoms with van der Waals surface area (Å²) in [6.45, 7) is 3.13. The van der Waals surface area contributed by atoms with Gasteiger partial charge in [0.2, 0.25) is 0 Å². The number of halogens is 1. The molecule has 1 aliphatic heterocycles.